The molecule has 4 atom stereocenters. The summed E-state index contributed by atoms with van der Waals surface area (Å²) in [5.41, 5.74) is 0.876. The van der Waals surface area contributed by atoms with Gasteiger partial charge in [0.25, 0.3) is 5.56 Å². The van der Waals surface area contributed by atoms with Crippen LogP contribution in [0.5, 0.6) is 0 Å². The lowest BCUT2D eigenvalue weighted by molar-refractivity contribution is -0.0891. The summed E-state index contributed by atoms with van der Waals surface area (Å²) >= 11 is 0. The second-order valence-corrected chi connectivity index (χ2v) is 9.32. The molecule has 1 aliphatic heterocycles. The normalized spacial score (nSPS) is 21.2. The monoisotopic (exact) mass is 508 g/mol. The van der Waals surface area contributed by atoms with Crippen molar-refractivity contribution < 1.29 is 14.6 Å². The highest BCUT2D eigenvalue weighted by Gasteiger charge is 2.46. The second kappa shape index (κ2) is 10.6. The number of rotatable bonds is 7. The number of nitrogens with one attached hydrogen (secondary N) is 1. The second-order valence-electron chi connectivity index (χ2n) is 9.32. The first-order chi connectivity index (χ1) is 18.5. The number of hydrogen-bond acceptors (Lipinski definition) is 5. The predicted octanol–water partition coefficient (Wildman–Crippen LogP) is 3.36. The Hall–Kier alpha value is -4.22. The Morgan fingerprint density at radius 3 is 1.92 bits per heavy atom. The molecule has 5 rings (SSSR count). The van der Waals surface area contributed by atoms with Crippen LogP contribution in [-0.4, -0.2) is 33.5 Å². The smallest absolute Gasteiger partial charge is 0.330 e. The van der Waals surface area contributed by atoms with E-state index < -0.39 is 41.2 Å². The van der Waals surface area contributed by atoms with E-state index in [0.29, 0.717) is 5.56 Å². The zero-order valence-corrected chi connectivity index (χ0v) is 20.9. The first-order valence-electron chi connectivity index (χ1n) is 12.4. The number of H-pyrrole nitrogens is 1. The average Bonchev–Trinajstić information content (AvgIpc) is 3.27. The Labute approximate surface area is 220 Å². The lowest BCUT2D eigenvalue weighted by atomic mass is 9.80. The number of aliphatic hydroxyl groups is 1. The van der Waals surface area contributed by atoms with Gasteiger partial charge in [-0.15, -0.1) is 6.42 Å². The molecular formula is C31H28N2O5. The minimum Gasteiger partial charge on any atom is -0.387 e. The Morgan fingerprint density at radius 1 is 0.947 bits per heavy atom. The van der Waals surface area contributed by atoms with E-state index in [1.165, 1.54) is 10.8 Å². The highest BCUT2D eigenvalue weighted by atomic mass is 16.6. The molecule has 7 heteroatoms. The summed E-state index contributed by atoms with van der Waals surface area (Å²) in [4.78, 5) is 26.6. The van der Waals surface area contributed by atoms with E-state index in [1.807, 2.05) is 91.0 Å². The molecule has 0 spiro atoms. The summed E-state index contributed by atoms with van der Waals surface area (Å²) in [6.45, 7) is 1.60. The Bertz CT molecular complexity index is 1440. The third kappa shape index (κ3) is 4.50. The highest BCUT2D eigenvalue weighted by Crippen LogP contribution is 2.42. The first kappa shape index (κ1) is 25.4. The summed E-state index contributed by atoms with van der Waals surface area (Å²) in [6, 6.07) is 29.6. The minimum absolute atomic E-state index is 0.0260. The number of aryl methyl sites for hydroxylation is 1. The quantitative estimate of drug-likeness (QED) is 0.295. The van der Waals surface area contributed by atoms with Crippen LogP contribution < -0.4 is 11.2 Å². The molecule has 1 unspecified atom stereocenters. The predicted molar refractivity (Wildman–Crippen MR) is 143 cm³/mol. The van der Waals surface area contributed by atoms with Crippen molar-refractivity contribution in [2.75, 3.05) is 6.61 Å². The number of nitrogens with zero attached hydrogens (tertiary/aromatic N) is 1. The van der Waals surface area contributed by atoms with Gasteiger partial charge in [-0.2, -0.15) is 0 Å². The number of hydrogen-bond donors (Lipinski definition) is 2. The van der Waals surface area contributed by atoms with Gasteiger partial charge in [0.2, 0.25) is 0 Å². The number of aliphatic hydroxyl groups excluding tert-OH is 1. The molecule has 2 N–H and O–H groups in total. The maximum atomic E-state index is 12.5. The van der Waals surface area contributed by atoms with E-state index in [1.54, 1.807) is 6.92 Å². The fourth-order valence-electron chi connectivity index (χ4n) is 5.07. The van der Waals surface area contributed by atoms with Gasteiger partial charge in [-0.25, -0.2) is 4.79 Å². The summed E-state index contributed by atoms with van der Waals surface area (Å²) < 4.78 is 14.2. The summed E-state index contributed by atoms with van der Waals surface area (Å²) in [5, 5.41) is 11.1. The molecule has 1 fully saturated rings. The van der Waals surface area contributed by atoms with Crippen molar-refractivity contribution in [1.82, 2.24) is 9.55 Å². The minimum atomic E-state index is -1.18. The van der Waals surface area contributed by atoms with E-state index >= 15 is 0 Å². The number of ether oxygens (including phenoxy) is 2. The molecule has 38 heavy (non-hydrogen) atoms. The topological polar surface area (TPSA) is 93.6 Å². The molecular weight excluding hydrogens is 480 g/mol. The van der Waals surface area contributed by atoms with Crippen LogP contribution in [0, 0.1) is 25.2 Å². The molecule has 0 radical (unpaired) electrons. The largest absolute Gasteiger partial charge is 0.387 e. The van der Waals surface area contributed by atoms with Gasteiger partial charge in [-0.3, -0.25) is 14.3 Å². The molecule has 192 valence electrons. The number of terminal acetylenes is 1. The Morgan fingerprint density at radius 2 is 1.45 bits per heavy atom. The Balaban J connectivity index is 1.55. The van der Waals surface area contributed by atoms with Gasteiger partial charge in [0, 0.05) is 11.8 Å². The zero-order valence-electron chi connectivity index (χ0n) is 20.9. The van der Waals surface area contributed by atoms with Crippen molar-refractivity contribution in [1.29, 1.82) is 0 Å². The van der Waals surface area contributed by atoms with Crippen molar-refractivity contribution in [3.8, 4) is 12.3 Å². The van der Waals surface area contributed by atoms with E-state index in [-0.39, 0.29) is 6.61 Å². The SMILES string of the molecule is C#C[C@H]1[C@H](O)C(n2cc(C)c(=O)[nH]c2=O)O[C@@H]1COC(c1ccccc1)(c1ccccc1)c1ccccc1. The van der Waals surface area contributed by atoms with Crippen molar-refractivity contribution in [3.05, 3.63) is 140 Å². The molecule has 4 aromatic rings. The number of aromatic nitrogens is 2. The van der Waals surface area contributed by atoms with E-state index in [4.69, 9.17) is 15.9 Å². The van der Waals surface area contributed by atoms with Crippen LogP contribution in [-0.2, 0) is 15.1 Å². The van der Waals surface area contributed by atoms with E-state index in [0.717, 1.165) is 16.7 Å². The van der Waals surface area contributed by atoms with Gasteiger partial charge in [0.1, 0.15) is 17.8 Å². The third-order valence-electron chi connectivity index (χ3n) is 6.99. The van der Waals surface area contributed by atoms with Crippen molar-refractivity contribution in [2.24, 2.45) is 5.92 Å². The summed E-state index contributed by atoms with van der Waals surface area (Å²) in [6.07, 6.45) is 4.21. The maximum absolute atomic E-state index is 12.5. The van der Waals surface area contributed by atoms with Gasteiger partial charge < -0.3 is 14.6 Å². The molecule has 1 saturated heterocycles. The van der Waals surface area contributed by atoms with Crippen LogP contribution in [0.1, 0.15) is 28.5 Å². The summed E-state index contributed by atoms with van der Waals surface area (Å²) in [5.74, 6) is 1.87. The fourth-order valence-corrected chi connectivity index (χ4v) is 5.07. The lowest BCUT2D eigenvalue weighted by Gasteiger charge is -2.37. The van der Waals surface area contributed by atoms with Gasteiger partial charge in [-0.1, -0.05) is 96.9 Å². The summed E-state index contributed by atoms with van der Waals surface area (Å²) in [7, 11) is 0. The first-order valence-corrected chi connectivity index (χ1v) is 12.4. The molecule has 7 nitrogen and oxygen atoms in total. The maximum Gasteiger partial charge on any atom is 0.330 e. The van der Waals surface area contributed by atoms with Crippen LogP contribution in [0.3, 0.4) is 0 Å². The average molecular weight is 509 g/mol. The van der Waals surface area contributed by atoms with Crippen LogP contribution in [0.15, 0.2) is 107 Å². The van der Waals surface area contributed by atoms with Crippen LogP contribution >= 0.6 is 0 Å². The highest BCUT2D eigenvalue weighted by molar-refractivity contribution is 5.47. The molecule has 0 bridgehead atoms. The molecule has 2 heterocycles. The van der Waals surface area contributed by atoms with Crippen molar-refractivity contribution >= 4 is 0 Å². The van der Waals surface area contributed by atoms with Crippen LogP contribution in [0.25, 0.3) is 0 Å². The van der Waals surface area contributed by atoms with Gasteiger partial charge in [0.15, 0.2) is 6.23 Å². The Kier molecular flexibility index (Phi) is 7.12. The van der Waals surface area contributed by atoms with Gasteiger partial charge >= 0.3 is 5.69 Å². The van der Waals surface area contributed by atoms with Crippen molar-refractivity contribution in [2.45, 2.75) is 31.0 Å². The molecule has 0 saturated carbocycles. The van der Waals surface area contributed by atoms with E-state index in [2.05, 4.69) is 10.9 Å². The third-order valence-corrected chi connectivity index (χ3v) is 6.99. The number of benzene rings is 3. The standard InChI is InChI=1S/C31H28N2O5/c1-3-25-26(38-29(27(25)34)33-19-21(2)28(35)32-30(33)36)20-37-31(22-13-7-4-8-14-22,23-15-9-5-10-16-23)24-17-11-6-12-18-24/h1,4-19,25-27,29,34H,20H2,2H3,(H,32,35,36)/t25-,26-,27+,29?/m1/s1. The van der Waals surface area contributed by atoms with Crippen LogP contribution in [0.4, 0.5) is 0 Å². The van der Waals surface area contributed by atoms with Gasteiger partial charge in [-0.05, 0) is 23.6 Å². The number of aromatic amines is 1. The fraction of sp³-hybridized carbons (Fsp3) is 0.226. The molecule has 0 aliphatic carbocycles. The molecule has 3 aromatic carbocycles. The zero-order chi connectivity index (χ0) is 26.7. The van der Waals surface area contributed by atoms with Gasteiger partial charge in [0.05, 0.1) is 12.5 Å². The lowest BCUT2D eigenvalue weighted by Crippen LogP contribution is -2.37. The molecule has 0 amide bonds. The molecule has 1 aliphatic rings. The van der Waals surface area contributed by atoms with Crippen LogP contribution in [0.2, 0.25) is 0 Å². The van der Waals surface area contributed by atoms with E-state index in [9.17, 15) is 14.7 Å². The molecule has 1 aromatic heterocycles. The van der Waals surface area contributed by atoms with Crippen molar-refractivity contribution in [3.63, 3.8) is 0 Å².